The summed E-state index contributed by atoms with van der Waals surface area (Å²) in [5.74, 6) is -1.64. The minimum atomic E-state index is -1.05. The Labute approximate surface area is 137 Å². The number of aliphatic carboxylic acids is 1. The SMILES string of the molecule is CC1=CS[C@H]2C(NC(=O)Cc3ccccc3)C(=O)N2C1C(=O)O. The molecular weight excluding hydrogens is 316 g/mol. The van der Waals surface area contributed by atoms with Crippen LogP contribution in [-0.4, -0.2) is 45.2 Å². The summed E-state index contributed by atoms with van der Waals surface area (Å²) in [5.41, 5.74) is 1.49. The highest BCUT2D eigenvalue weighted by molar-refractivity contribution is 8.02. The lowest BCUT2D eigenvalue weighted by molar-refractivity contribution is -0.160. The van der Waals surface area contributed by atoms with Crippen molar-refractivity contribution < 1.29 is 19.5 Å². The van der Waals surface area contributed by atoms with Crippen molar-refractivity contribution in [2.45, 2.75) is 30.8 Å². The second kappa shape index (κ2) is 6.08. The number of carbonyl (C=O) groups excluding carboxylic acids is 2. The Kier molecular flexibility index (Phi) is 4.12. The van der Waals surface area contributed by atoms with E-state index >= 15 is 0 Å². The van der Waals surface area contributed by atoms with Crippen LogP contribution in [0.4, 0.5) is 0 Å². The molecule has 0 aromatic heterocycles. The molecule has 2 heterocycles. The summed E-state index contributed by atoms with van der Waals surface area (Å²) in [4.78, 5) is 37.0. The van der Waals surface area contributed by atoms with Crippen LogP contribution in [0.25, 0.3) is 0 Å². The third kappa shape index (κ3) is 2.84. The molecule has 3 rings (SSSR count). The molecule has 0 radical (unpaired) electrons. The molecule has 0 saturated carbocycles. The Bertz CT molecular complexity index is 689. The molecule has 0 spiro atoms. The van der Waals surface area contributed by atoms with Crippen LogP contribution >= 0.6 is 11.8 Å². The molecule has 0 bridgehead atoms. The molecule has 2 aliphatic rings. The lowest BCUT2D eigenvalue weighted by atomic mass is 9.98. The van der Waals surface area contributed by atoms with E-state index < -0.39 is 18.1 Å². The Morgan fingerprint density at radius 1 is 1.30 bits per heavy atom. The summed E-state index contributed by atoms with van der Waals surface area (Å²) in [6, 6.07) is 7.65. The highest BCUT2D eigenvalue weighted by Gasteiger charge is 2.55. The average molecular weight is 332 g/mol. The summed E-state index contributed by atoms with van der Waals surface area (Å²) in [7, 11) is 0. The molecule has 23 heavy (non-hydrogen) atoms. The largest absolute Gasteiger partial charge is 0.479 e. The summed E-state index contributed by atoms with van der Waals surface area (Å²) >= 11 is 1.37. The van der Waals surface area contributed by atoms with Gasteiger partial charge in [0, 0.05) is 0 Å². The summed E-state index contributed by atoms with van der Waals surface area (Å²) < 4.78 is 0. The van der Waals surface area contributed by atoms with Crippen LogP contribution in [0.15, 0.2) is 41.3 Å². The number of β-lactam (4-membered cyclic amide) rings is 1. The second-order valence-corrected chi connectivity index (χ2v) is 6.57. The fourth-order valence-electron chi connectivity index (χ4n) is 2.82. The Morgan fingerprint density at radius 3 is 2.65 bits per heavy atom. The van der Waals surface area contributed by atoms with E-state index in [1.165, 1.54) is 16.7 Å². The van der Waals surface area contributed by atoms with E-state index in [2.05, 4.69) is 5.32 Å². The highest BCUT2D eigenvalue weighted by Crippen LogP contribution is 2.39. The normalized spacial score (nSPS) is 26.0. The maximum absolute atomic E-state index is 12.3. The van der Waals surface area contributed by atoms with Gasteiger partial charge in [-0.2, -0.15) is 0 Å². The molecule has 1 aromatic carbocycles. The standard InChI is InChI=1S/C16H16N2O4S/c1-9-8-23-15-12(14(20)18(15)13(9)16(21)22)17-11(19)7-10-5-3-2-4-6-10/h2-6,8,12-13,15H,7H2,1H3,(H,17,19)(H,21,22)/t12?,13?,15-/m0/s1. The van der Waals surface area contributed by atoms with Crippen LogP contribution in [0.1, 0.15) is 12.5 Å². The lowest BCUT2D eigenvalue weighted by Gasteiger charge is -2.51. The van der Waals surface area contributed by atoms with Crippen molar-refractivity contribution in [3.8, 4) is 0 Å². The van der Waals surface area contributed by atoms with Crippen LogP contribution in [0.5, 0.6) is 0 Å². The van der Waals surface area contributed by atoms with Crippen LogP contribution in [0, 0.1) is 0 Å². The number of nitrogens with zero attached hydrogens (tertiary/aromatic N) is 1. The average Bonchev–Trinajstić information content (AvgIpc) is 2.53. The molecule has 7 heteroatoms. The summed E-state index contributed by atoms with van der Waals surface area (Å²) in [5, 5.41) is 13.4. The molecule has 1 saturated heterocycles. The maximum atomic E-state index is 12.3. The van der Waals surface area contributed by atoms with Crippen molar-refractivity contribution in [1.29, 1.82) is 0 Å². The van der Waals surface area contributed by atoms with E-state index in [1.54, 1.807) is 12.3 Å². The Morgan fingerprint density at radius 2 is 2.00 bits per heavy atom. The first-order chi connectivity index (χ1) is 11.0. The molecule has 6 nitrogen and oxygen atoms in total. The predicted octanol–water partition coefficient (Wildman–Crippen LogP) is 0.986. The zero-order chi connectivity index (χ0) is 16.6. The second-order valence-electron chi connectivity index (χ2n) is 5.58. The van der Waals surface area contributed by atoms with E-state index in [0.717, 1.165) is 5.56 Å². The number of carbonyl (C=O) groups is 3. The monoisotopic (exact) mass is 332 g/mol. The number of rotatable bonds is 4. The van der Waals surface area contributed by atoms with Gasteiger partial charge in [0.25, 0.3) is 0 Å². The Balaban J connectivity index is 1.66. The number of hydrogen-bond donors (Lipinski definition) is 2. The first-order valence-corrected chi connectivity index (χ1v) is 8.13. The van der Waals surface area contributed by atoms with Gasteiger partial charge in [0.05, 0.1) is 6.42 Å². The number of hydrogen-bond acceptors (Lipinski definition) is 4. The molecule has 2 N–H and O–H groups in total. The van der Waals surface area contributed by atoms with Crippen molar-refractivity contribution in [3.63, 3.8) is 0 Å². The van der Waals surface area contributed by atoms with E-state index in [9.17, 15) is 19.5 Å². The molecule has 2 amide bonds. The van der Waals surface area contributed by atoms with Gasteiger partial charge in [0.15, 0.2) is 6.04 Å². The number of benzene rings is 1. The fourth-order valence-corrected chi connectivity index (χ4v) is 4.00. The highest BCUT2D eigenvalue weighted by atomic mass is 32.2. The van der Waals surface area contributed by atoms with Crippen molar-refractivity contribution in [1.82, 2.24) is 10.2 Å². The maximum Gasteiger partial charge on any atom is 0.330 e. The van der Waals surface area contributed by atoms with Crippen molar-refractivity contribution in [2.75, 3.05) is 0 Å². The number of amides is 2. The number of thioether (sulfide) groups is 1. The third-order valence-corrected chi connectivity index (χ3v) is 5.23. The molecule has 3 atom stereocenters. The van der Waals surface area contributed by atoms with Gasteiger partial charge in [-0.15, -0.1) is 11.8 Å². The van der Waals surface area contributed by atoms with Gasteiger partial charge in [0.2, 0.25) is 11.8 Å². The van der Waals surface area contributed by atoms with Crippen LogP contribution in [-0.2, 0) is 20.8 Å². The minimum absolute atomic E-state index is 0.194. The molecule has 0 aliphatic carbocycles. The van der Waals surface area contributed by atoms with Crippen molar-refractivity contribution in [3.05, 3.63) is 46.9 Å². The number of fused-ring (bicyclic) bond motifs is 1. The van der Waals surface area contributed by atoms with Gasteiger partial charge in [-0.3, -0.25) is 9.59 Å². The fraction of sp³-hybridized carbons (Fsp3) is 0.312. The van der Waals surface area contributed by atoms with Crippen molar-refractivity contribution >= 4 is 29.5 Å². The molecule has 1 aromatic rings. The van der Waals surface area contributed by atoms with Crippen molar-refractivity contribution in [2.24, 2.45) is 0 Å². The predicted molar refractivity (Wildman–Crippen MR) is 85.5 cm³/mol. The third-order valence-electron chi connectivity index (χ3n) is 3.94. The number of carboxylic acids is 1. The zero-order valence-electron chi connectivity index (χ0n) is 12.4. The number of carboxylic acid groups (broad SMARTS) is 1. The quantitative estimate of drug-likeness (QED) is 0.803. The summed E-state index contributed by atoms with van der Waals surface area (Å²) in [6.07, 6.45) is 0.194. The molecular formula is C16H16N2O4S. The van der Waals surface area contributed by atoms with Gasteiger partial charge in [-0.05, 0) is 23.5 Å². The molecule has 2 unspecified atom stereocenters. The smallest absolute Gasteiger partial charge is 0.330 e. The summed E-state index contributed by atoms with van der Waals surface area (Å²) in [6.45, 7) is 1.69. The van der Waals surface area contributed by atoms with Crippen LogP contribution in [0.2, 0.25) is 0 Å². The first-order valence-electron chi connectivity index (χ1n) is 7.19. The van der Waals surface area contributed by atoms with Gasteiger partial charge in [-0.25, -0.2) is 4.79 Å². The van der Waals surface area contributed by atoms with Gasteiger partial charge in [-0.1, -0.05) is 30.3 Å². The van der Waals surface area contributed by atoms with Gasteiger partial charge >= 0.3 is 5.97 Å². The number of nitrogens with one attached hydrogen (secondary N) is 1. The van der Waals surface area contributed by atoms with Gasteiger partial charge < -0.3 is 15.3 Å². The van der Waals surface area contributed by atoms with E-state index in [1.807, 2.05) is 30.3 Å². The van der Waals surface area contributed by atoms with E-state index in [0.29, 0.717) is 5.57 Å². The Hall–Kier alpha value is -2.28. The minimum Gasteiger partial charge on any atom is -0.479 e. The zero-order valence-corrected chi connectivity index (χ0v) is 13.2. The van der Waals surface area contributed by atoms with Crippen LogP contribution in [0.3, 0.4) is 0 Å². The first kappa shape index (κ1) is 15.6. The van der Waals surface area contributed by atoms with E-state index in [-0.39, 0.29) is 23.6 Å². The molecule has 1 fully saturated rings. The lowest BCUT2D eigenvalue weighted by Crippen LogP contribution is -2.73. The topological polar surface area (TPSA) is 86.7 Å². The molecule has 2 aliphatic heterocycles. The van der Waals surface area contributed by atoms with Crippen LogP contribution < -0.4 is 5.32 Å². The van der Waals surface area contributed by atoms with E-state index in [4.69, 9.17) is 0 Å². The van der Waals surface area contributed by atoms with Gasteiger partial charge in [0.1, 0.15) is 11.4 Å². The molecule has 120 valence electrons.